The standard InChI is InChI=1S/C17H19FN4O2/c18-13-3-1-2-12(10-13)4-5-15(23)22-8-9-24-14(11-22)16-17(19)21-7-6-20-16/h1-3,6-7,10,14H,4-5,8-9,11H2,(H2,19,21)/t14-/m0/s1. The van der Waals surface area contributed by atoms with Gasteiger partial charge >= 0.3 is 0 Å². The van der Waals surface area contributed by atoms with Gasteiger partial charge in [0.25, 0.3) is 0 Å². The SMILES string of the molecule is Nc1nccnc1[C@@H]1CN(C(=O)CCc2cccc(F)c2)CCO1. The summed E-state index contributed by atoms with van der Waals surface area (Å²) in [6.45, 7) is 1.34. The average molecular weight is 330 g/mol. The Morgan fingerprint density at radius 2 is 2.21 bits per heavy atom. The van der Waals surface area contributed by atoms with E-state index in [2.05, 4.69) is 9.97 Å². The van der Waals surface area contributed by atoms with E-state index in [-0.39, 0.29) is 17.8 Å². The molecule has 24 heavy (non-hydrogen) atoms. The molecule has 2 heterocycles. The summed E-state index contributed by atoms with van der Waals surface area (Å²) < 4.78 is 18.9. The van der Waals surface area contributed by atoms with Gasteiger partial charge in [0.1, 0.15) is 23.4 Å². The normalized spacial score (nSPS) is 17.7. The molecule has 0 saturated carbocycles. The Balaban J connectivity index is 1.60. The minimum Gasteiger partial charge on any atom is -0.382 e. The molecule has 6 nitrogen and oxygen atoms in total. The number of morpholine rings is 1. The molecule has 1 fully saturated rings. The highest BCUT2D eigenvalue weighted by Crippen LogP contribution is 2.24. The molecular weight excluding hydrogens is 311 g/mol. The fraction of sp³-hybridized carbons (Fsp3) is 0.353. The highest BCUT2D eigenvalue weighted by atomic mass is 19.1. The number of ether oxygens (including phenoxy) is 1. The first-order chi connectivity index (χ1) is 11.6. The van der Waals surface area contributed by atoms with Crippen LogP contribution in [0.5, 0.6) is 0 Å². The van der Waals surface area contributed by atoms with E-state index in [1.807, 2.05) is 6.07 Å². The van der Waals surface area contributed by atoms with Gasteiger partial charge in [0.15, 0.2) is 0 Å². The lowest BCUT2D eigenvalue weighted by Gasteiger charge is -2.33. The number of rotatable bonds is 4. The molecule has 0 aliphatic carbocycles. The number of hydrogen-bond acceptors (Lipinski definition) is 5. The molecule has 0 unspecified atom stereocenters. The lowest BCUT2D eigenvalue weighted by atomic mass is 10.1. The van der Waals surface area contributed by atoms with Gasteiger partial charge in [0, 0.05) is 25.4 Å². The zero-order valence-corrected chi connectivity index (χ0v) is 13.2. The number of hydrogen-bond donors (Lipinski definition) is 1. The van der Waals surface area contributed by atoms with Crippen LogP contribution in [0.15, 0.2) is 36.7 Å². The molecule has 1 saturated heterocycles. The van der Waals surface area contributed by atoms with Crippen LogP contribution < -0.4 is 5.73 Å². The summed E-state index contributed by atoms with van der Waals surface area (Å²) in [5.41, 5.74) is 7.20. The lowest BCUT2D eigenvalue weighted by Crippen LogP contribution is -2.42. The first-order valence-corrected chi connectivity index (χ1v) is 7.83. The van der Waals surface area contributed by atoms with Crippen molar-refractivity contribution in [2.24, 2.45) is 0 Å². The van der Waals surface area contributed by atoms with Crippen LogP contribution in [0.3, 0.4) is 0 Å². The third-order valence-corrected chi connectivity index (χ3v) is 4.00. The van der Waals surface area contributed by atoms with Crippen molar-refractivity contribution in [1.82, 2.24) is 14.9 Å². The molecular formula is C17H19FN4O2. The summed E-state index contributed by atoms with van der Waals surface area (Å²) in [4.78, 5) is 22.4. The maximum Gasteiger partial charge on any atom is 0.223 e. The third kappa shape index (κ3) is 3.86. The van der Waals surface area contributed by atoms with Crippen LogP contribution >= 0.6 is 0 Å². The summed E-state index contributed by atoms with van der Waals surface area (Å²) in [6, 6.07) is 6.31. The van der Waals surface area contributed by atoms with Gasteiger partial charge in [-0.25, -0.2) is 9.37 Å². The molecule has 1 atom stereocenters. The van der Waals surface area contributed by atoms with Crippen LogP contribution in [0.2, 0.25) is 0 Å². The summed E-state index contributed by atoms with van der Waals surface area (Å²) in [5, 5.41) is 0. The Labute approximate surface area is 139 Å². The molecule has 1 aromatic heterocycles. The second-order valence-corrected chi connectivity index (χ2v) is 5.66. The number of nitrogens with two attached hydrogens (primary N) is 1. The average Bonchev–Trinajstić information content (AvgIpc) is 2.60. The van der Waals surface area contributed by atoms with E-state index in [0.717, 1.165) is 5.56 Å². The van der Waals surface area contributed by atoms with Crippen LogP contribution in [-0.4, -0.2) is 40.5 Å². The van der Waals surface area contributed by atoms with Crippen molar-refractivity contribution < 1.29 is 13.9 Å². The van der Waals surface area contributed by atoms with Gasteiger partial charge in [-0.2, -0.15) is 0 Å². The third-order valence-electron chi connectivity index (χ3n) is 4.00. The Bertz CT molecular complexity index is 725. The van der Waals surface area contributed by atoms with Gasteiger partial charge in [-0.3, -0.25) is 9.78 Å². The zero-order chi connectivity index (χ0) is 16.9. The number of nitrogen functional groups attached to an aromatic ring is 1. The predicted octanol–water partition coefficient (Wildman–Crippen LogP) is 1.73. The quantitative estimate of drug-likeness (QED) is 0.923. The minimum atomic E-state index is -0.370. The number of carbonyl (C=O) groups excluding carboxylic acids is 1. The van der Waals surface area contributed by atoms with Crippen molar-refractivity contribution in [3.8, 4) is 0 Å². The van der Waals surface area contributed by atoms with Gasteiger partial charge in [0.2, 0.25) is 5.91 Å². The van der Waals surface area contributed by atoms with Gasteiger partial charge in [-0.15, -0.1) is 0 Å². The van der Waals surface area contributed by atoms with Crippen LogP contribution in [0.1, 0.15) is 23.8 Å². The second kappa shape index (κ2) is 7.35. The molecule has 1 aliphatic rings. The van der Waals surface area contributed by atoms with E-state index in [1.165, 1.54) is 18.3 Å². The molecule has 0 radical (unpaired) electrons. The topological polar surface area (TPSA) is 81.3 Å². The van der Waals surface area contributed by atoms with Crippen molar-refractivity contribution in [2.45, 2.75) is 18.9 Å². The Hall–Kier alpha value is -2.54. The Morgan fingerprint density at radius 1 is 1.38 bits per heavy atom. The number of aryl methyl sites for hydroxylation is 1. The van der Waals surface area contributed by atoms with Gasteiger partial charge in [-0.1, -0.05) is 12.1 Å². The maximum absolute atomic E-state index is 13.2. The van der Waals surface area contributed by atoms with E-state index in [1.54, 1.807) is 17.2 Å². The number of anilines is 1. The summed E-state index contributed by atoms with van der Waals surface area (Å²) in [6.07, 6.45) is 3.53. The van der Waals surface area contributed by atoms with E-state index in [9.17, 15) is 9.18 Å². The van der Waals surface area contributed by atoms with Crippen molar-refractivity contribution in [2.75, 3.05) is 25.4 Å². The first kappa shape index (κ1) is 16.3. The largest absolute Gasteiger partial charge is 0.382 e. The van der Waals surface area contributed by atoms with Gasteiger partial charge in [0.05, 0.1) is 13.2 Å². The predicted molar refractivity (Wildman–Crippen MR) is 86.4 cm³/mol. The molecule has 3 rings (SSSR count). The molecule has 2 aromatic rings. The molecule has 2 N–H and O–H groups in total. The number of halogens is 1. The molecule has 1 amide bonds. The molecule has 0 bridgehead atoms. The monoisotopic (exact) mass is 330 g/mol. The molecule has 1 aliphatic heterocycles. The fourth-order valence-corrected chi connectivity index (χ4v) is 2.75. The summed E-state index contributed by atoms with van der Waals surface area (Å²) in [5.74, 6) is 0.0381. The number of aromatic nitrogens is 2. The Kier molecular flexibility index (Phi) is 5.00. The number of amides is 1. The van der Waals surface area contributed by atoms with Gasteiger partial charge in [-0.05, 0) is 24.1 Å². The van der Waals surface area contributed by atoms with Crippen molar-refractivity contribution in [3.05, 3.63) is 53.7 Å². The maximum atomic E-state index is 13.2. The molecule has 0 spiro atoms. The highest BCUT2D eigenvalue weighted by Gasteiger charge is 2.27. The zero-order valence-electron chi connectivity index (χ0n) is 13.2. The number of carbonyl (C=O) groups is 1. The van der Waals surface area contributed by atoms with E-state index < -0.39 is 0 Å². The molecule has 7 heteroatoms. The second-order valence-electron chi connectivity index (χ2n) is 5.66. The van der Waals surface area contributed by atoms with Crippen LogP contribution in [-0.2, 0) is 16.0 Å². The van der Waals surface area contributed by atoms with Crippen molar-refractivity contribution >= 4 is 11.7 Å². The van der Waals surface area contributed by atoms with Crippen molar-refractivity contribution in [3.63, 3.8) is 0 Å². The van der Waals surface area contributed by atoms with Gasteiger partial charge < -0.3 is 15.4 Å². The van der Waals surface area contributed by atoms with Crippen LogP contribution in [0, 0.1) is 5.82 Å². The van der Waals surface area contributed by atoms with E-state index in [4.69, 9.17) is 10.5 Å². The summed E-state index contributed by atoms with van der Waals surface area (Å²) in [7, 11) is 0. The highest BCUT2D eigenvalue weighted by molar-refractivity contribution is 5.76. The van der Waals surface area contributed by atoms with E-state index >= 15 is 0 Å². The van der Waals surface area contributed by atoms with Crippen LogP contribution in [0.25, 0.3) is 0 Å². The number of benzene rings is 1. The fourth-order valence-electron chi connectivity index (χ4n) is 2.75. The summed E-state index contributed by atoms with van der Waals surface area (Å²) >= 11 is 0. The molecule has 126 valence electrons. The first-order valence-electron chi connectivity index (χ1n) is 7.83. The molecule has 1 aromatic carbocycles. The van der Waals surface area contributed by atoms with E-state index in [0.29, 0.717) is 44.0 Å². The Morgan fingerprint density at radius 3 is 3.00 bits per heavy atom. The van der Waals surface area contributed by atoms with Crippen LogP contribution in [0.4, 0.5) is 10.2 Å². The minimum absolute atomic E-state index is 0.00928. The smallest absolute Gasteiger partial charge is 0.223 e. The number of nitrogens with zero attached hydrogens (tertiary/aromatic N) is 3. The lowest BCUT2D eigenvalue weighted by molar-refractivity contribution is -0.139. The van der Waals surface area contributed by atoms with Crippen molar-refractivity contribution in [1.29, 1.82) is 0 Å².